The predicted octanol–water partition coefficient (Wildman–Crippen LogP) is 1.65. The van der Waals surface area contributed by atoms with Gasteiger partial charge in [0.25, 0.3) is 0 Å². The number of nitrogens with zero attached hydrogens (tertiary/aromatic N) is 4. The predicted molar refractivity (Wildman–Crippen MR) is 79.1 cm³/mol. The van der Waals surface area contributed by atoms with Gasteiger partial charge in [0.1, 0.15) is 6.04 Å². The lowest BCUT2D eigenvalue weighted by Gasteiger charge is -2.26. The highest BCUT2D eigenvalue weighted by atomic mass is 127. The van der Waals surface area contributed by atoms with Crippen LogP contribution in [0.2, 0.25) is 0 Å². The molecule has 2 aromatic rings. The van der Waals surface area contributed by atoms with Gasteiger partial charge in [0.05, 0.1) is 5.57 Å². The van der Waals surface area contributed by atoms with Crippen LogP contribution < -0.4 is 5.32 Å². The van der Waals surface area contributed by atoms with Crippen LogP contribution in [0.25, 0.3) is 0 Å². The van der Waals surface area contributed by atoms with E-state index in [9.17, 15) is 9.90 Å². The number of carboxylic acid groups (broad SMARTS) is 1. The number of benzene rings is 1. The molecule has 0 saturated heterocycles. The number of aromatic nitrogens is 4. The fraction of sp³-hybridized carbons (Fsp3) is 0.167. The third kappa shape index (κ3) is 1.96. The van der Waals surface area contributed by atoms with Gasteiger partial charge in [-0.15, -0.1) is 0 Å². The highest BCUT2D eigenvalue weighted by Crippen LogP contribution is 2.35. The first-order chi connectivity index (χ1) is 9.59. The summed E-state index contributed by atoms with van der Waals surface area (Å²) in [7, 11) is 0. The molecule has 2 heterocycles. The Morgan fingerprint density at radius 3 is 2.90 bits per heavy atom. The van der Waals surface area contributed by atoms with Crippen LogP contribution in [-0.2, 0) is 4.79 Å². The summed E-state index contributed by atoms with van der Waals surface area (Å²) in [6.07, 6.45) is 0. The maximum Gasteiger partial charge on any atom is 0.335 e. The lowest BCUT2D eigenvalue weighted by Crippen LogP contribution is -2.29. The summed E-state index contributed by atoms with van der Waals surface area (Å²) in [5, 5.41) is 23.8. The zero-order valence-electron chi connectivity index (χ0n) is 10.4. The van der Waals surface area contributed by atoms with Crippen molar-refractivity contribution in [2.24, 2.45) is 0 Å². The molecule has 0 saturated carbocycles. The number of rotatable bonds is 2. The lowest BCUT2D eigenvalue weighted by atomic mass is 9.96. The summed E-state index contributed by atoms with van der Waals surface area (Å²) in [5.74, 6) is -0.544. The number of fused-ring (bicyclic) bond motifs is 1. The van der Waals surface area contributed by atoms with Gasteiger partial charge >= 0.3 is 5.97 Å². The minimum Gasteiger partial charge on any atom is -0.478 e. The summed E-state index contributed by atoms with van der Waals surface area (Å²) in [5.41, 5.74) is 1.65. The van der Waals surface area contributed by atoms with Crippen molar-refractivity contribution in [1.29, 1.82) is 0 Å². The largest absolute Gasteiger partial charge is 0.478 e. The summed E-state index contributed by atoms with van der Waals surface area (Å²) in [6, 6.07) is 7.06. The number of carboxylic acids is 1. The molecule has 0 spiro atoms. The minimum absolute atomic E-state index is 0.244. The second-order valence-electron chi connectivity index (χ2n) is 4.34. The van der Waals surface area contributed by atoms with E-state index in [0.717, 1.165) is 9.13 Å². The summed E-state index contributed by atoms with van der Waals surface area (Å²) >= 11 is 2.18. The zero-order chi connectivity index (χ0) is 14.3. The van der Waals surface area contributed by atoms with Gasteiger partial charge in [-0.2, -0.15) is 4.68 Å². The van der Waals surface area contributed by atoms with Crippen LogP contribution in [0.4, 0.5) is 5.95 Å². The Hall–Kier alpha value is -1.97. The van der Waals surface area contributed by atoms with E-state index in [4.69, 9.17) is 0 Å². The van der Waals surface area contributed by atoms with Gasteiger partial charge in [0.2, 0.25) is 5.95 Å². The van der Waals surface area contributed by atoms with E-state index in [2.05, 4.69) is 43.4 Å². The molecule has 0 amide bonds. The van der Waals surface area contributed by atoms with Gasteiger partial charge < -0.3 is 10.4 Å². The molecule has 0 bridgehead atoms. The maximum absolute atomic E-state index is 11.6. The first-order valence-electron chi connectivity index (χ1n) is 5.83. The standard InChI is InChI=1S/C12H10IN5O2/c1-6-9(11(19)20)10(7-4-2-3-5-8(7)13)18-12(14-6)15-16-17-18/h2-5,10H,1H3,(H,19,20)(H,14,15,17). The number of nitrogens with one attached hydrogen (secondary N) is 1. The monoisotopic (exact) mass is 383 g/mol. The number of allylic oxidation sites excluding steroid dienone is 1. The number of carbonyl (C=O) groups is 1. The number of hydrogen-bond donors (Lipinski definition) is 2. The first-order valence-corrected chi connectivity index (χ1v) is 6.91. The van der Waals surface area contributed by atoms with E-state index in [1.807, 2.05) is 24.3 Å². The third-order valence-electron chi connectivity index (χ3n) is 3.14. The second-order valence-corrected chi connectivity index (χ2v) is 5.50. The number of hydrogen-bond acceptors (Lipinski definition) is 5. The maximum atomic E-state index is 11.6. The van der Waals surface area contributed by atoms with Gasteiger partial charge in [-0.05, 0) is 51.6 Å². The van der Waals surface area contributed by atoms with E-state index in [1.54, 1.807) is 6.92 Å². The van der Waals surface area contributed by atoms with Crippen LogP contribution in [0.5, 0.6) is 0 Å². The fourth-order valence-electron chi connectivity index (χ4n) is 2.27. The molecule has 1 unspecified atom stereocenters. The van der Waals surface area contributed by atoms with Crippen LogP contribution in [-0.4, -0.2) is 31.3 Å². The van der Waals surface area contributed by atoms with Crippen LogP contribution in [0.1, 0.15) is 18.5 Å². The van der Waals surface area contributed by atoms with Gasteiger partial charge in [-0.25, -0.2) is 4.79 Å². The molecule has 1 aliphatic heterocycles. The molecule has 8 heteroatoms. The Bertz CT molecular complexity index is 724. The Morgan fingerprint density at radius 2 is 2.20 bits per heavy atom. The summed E-state index contributed by atoms with van der Waals surface area (Å²) in [4.78, 5) is 11.6. The van der Waals surface area contributed by atoms with E-state index >= 15 is 0 Å². The average Bonchev–Trinajstić information content (AvgIpc) is 2.85. The van der Waals surface area contributed by atoms with Crippen molar-refractivity contribution >= 4 is 34.5 Å². The molecule has 1 atom stereocenters. The molecule has 0 radical (unpaired) electrons. The summed E-state index contributed by atoms with van der Waals surface area (Å²) < 4.78 is 2.46. The molecule has 1 aromatic carbocycles. The summed E-state index contributed by atoms with van der Waals surface area (Å²) in [6.45, 7) is 1.71. The topological polar surface area (TPSA) is 92.9 Å². The number of anilines is 1. The molecular formula is C12H10IN5O2. The smallest absolute Gasteiger partial charge is 0.335 e. The zero-order valence-corrected chi connectivity index (χ0v) is 12.6. The van der Waals surface area contributed by atoms with Gasteiger partial charge in [0.15, 0.2) is 0 Å². The molecule has 3 rings (SSSR count). The molecule has 20 heavy (non-hydrogen) atoms. The Balaban J connectivity index is 2.25. The molecule has 102 valence electrons. The molecule has 0 aliphatic carbocycles. The lowest BCUT2D eigenvalue weighted by molar-refractivity contribution is -0.133. The van der Waals surface area contributed by atoms with E-state index in [1.165, 1.54) is 4.68 Å². The van der Waals surface area contributed by atoms with Crippen molar-refractivity contribution in [3.63, 3.8) is 0 Å². The minimum atomic E-state index is -0.985. The number of aliphatic carboxylic acids is 1. The van der Waals surface area contributed by atoms with E-state index < -0.39 is 12.0 Å². The van der Waals surface area contributed by atoms with Crippen LogP contribution in [0.15, 0.2) is 35.5 Å². The molecule has 1 aromatic heterocycles. The van der Waals surface area contributed by atoms with Crippen LogP contribution in [0.3, 0.4) is 0 Å². The number of tetrazole rings is 1. The van der Waals surface area contributed by atoms with E-state index in [-0.39, 0.29) is 5.57 Å². The van der Waals surface area contributed by atoms with Crippen molar-refractivity contribution in [2.45, 2.75) is 13.0 Å². The Kier molecular flexibility index (Phi) is 3.16. The normalized spacial score (nSPS) is 17.6. The van der Waals surface area contributed by atoms with Crippen molar-refractivity contribution in [3.8, 4) is 0 Å². The average molecular weight is 383 g/mol. The first kappa shape index (κ1) is 13.0. The fourth-order valence-corrected chi connectivity index (χ4v) is 2.96. The molecule has 1 aliphatic rings. The quantitative estimate of drug-likeness (QED) is 0.767. The van der Waals surface area contributed by atoms with Gasteiger partial charge in [-0.1, -0.05) is 23.3 Å². The second kappa shape index (κ2) is 4.85. The third-order valence-corrected chi connectivity index (χ3v) is 4.13. The molecular weight excluding hydrogens is 373 g/mol. The highest BCUT2D eigenvalue weighted by Gasteiger charge is 2.34. The Labute approximate surface area is 127 Å². The van der Waals surface area contributed by atoms with Crippen LogP contribution >= 0.6 is 22.6 Å². The molecule has 2 N–H and O–H groups in total. The molecule has 0 fully saturated rings. The van der Waals surface area contributed by atoms with E-state index in [0.29, 0.717) is 11.6 Å². The molecule has 7 nitrogen and oxygen atoms in total. The van der Waals surface area contributed by atoms with Gasteiger partial charge in [0, 0.05) is 9.27 Å². The SMILES string of the molecule is CC1=C(C(=O)O)C(c2ccccc2I)n2nnnc2N1. The van der Waals surface area contributed by atoms with Gasteiger partial charge in [-0.3, -0.25) is 0 Å². The van der Waals surface area contributed by atoms with Crippen molar-refractivity contribution in [3.05, 3.63) is 44.7 Å². The van der Waals surface area contributed by atoms with Crippen molar-refractivity contribution < 1.29 is 9.90 Å². The van der Waals surface area contributed by atoms with Crippen molar-refractivity contribution in [2.75, 3.05) is 5.32 Å². The highest BCUT2D eigenvalue weighted by molar-refractivity contribution is 14.1. The van der Waals surface area contributed by atoms with Crippen LogP contribution in [0, 0.1) is 3.57 Å². The Morgan fingerprint density at radius 1 is 1.45 bits per heavy atom. The number of halogens is 1. The van der Waals surface area contributed by atoms with Crippen molar-refractivity contribution in [1.82, 2.24) is 20.2 Å².